The lowest BCUT2D eigenvalue weighted by atomic mass is 9.80. The smallest absolute Gasteiger partial charge is 0.246 e. The molecule has 0 aromatic carbocycles. The predicted molar refractivity (Wildman–Crippen MR) is 87.4 cm³/mol. The van der Waals surface area contributed by atoms with Gasteiger partial charge in [0, 0.05) is 4.92 Å². The summed E-state index contributed by atoms with van der Waals surface area (Å²) in [6.07, 6.45) is -4.46. The number of aliphatic hydroxyl groups is 5. The molecule has 1 unspecified atom stereocenters. The summed E-state index contributed by atoms with van der Waals surface area (Å²) in [6.45, 7) is 4.84. The second-order valence-electron chi connectivity index (χ2n) is 7.02. The van der Waals surface area contributed by atoms with Crippen molar-refractivity contribution in [1.82, 2.24) is 0 Å². The Kier molecular flexibility index (Phi) is 7.47. The van der Waals surface area contributed by atoms with Crippen molar-refractivity contribution < 1.29 is 34.9 Å². The van der Waals surface area contributed by atoms with E-state index in [0.29, 0.717) is 0 Å². The first-order chi connectivity index (χ1) is 11.0. The maximum Gasteiger partial charge on any atom is 0.246 e. The van der Waals surface area contributed by atoms with Crippen molar-refractivity contribution in [3.05, 3.63) is 22.3 Å². The van der Waals surface area contributed by atoms with Gasteiger partial charge in [-0.3, -0.25) is 10.1 Å². The van der Waals surface area contributed by atoms with Crippen LogP contribution < -0.4 is 0 Å². The van der Waals surface area contributed by atoms with Gasteiger partial charge in [-0.2, -0.15) is 0 Å². The van der Waals surface area contributed by atoms with E-state index in [0.717, 1.165) is 0 Å². The van der Waals surface area contributed by atoms with E-state index < -0.39 is 62.3 Å². The first-order valence-corrected chi connectivity index (χ1v) is 11.2. The molecule has 7 atom stereocenters. The molecule has 10 heteroatoms. The zero-order chi connectivity index (χ0) is 18.7. The number of nitrogens with zero attached hydrogens (tertiary/aromatic N) is 1. The predicted octanol–water partition coefficient (Wildman–Crippen LogP) is -1.14. The fourth-order valence-electron chi connectivity index (χ4n) is 2.79. The summed E-state index contributed by atoms with van der Waals surface area (Å²) in [4.78, 5) is 11.0. The largest absolute Gasteiger partial charge is 0.405 e. The molecule has 0 radical (unpaired) electrons. The average Bonchev–Trinajstić information content (AvgIpc) is 2.49. The van der Waals surface area contributed by atoms with Crippen LogP contribution in [0.2, 0.25) is 19.6 Å². The quantitative estimate of drug-likeness (QED) is 0.157. The van der Waals surface area contributed by atoms with Gasteiger partial charge in [0.25, 0.3) is 0 Å². The van der Waals surface area contributed by atoms with E-state index in [-0.39, 0.29) is 6.42 Å². The second-order valence-corrected chi connectivity index (χ2v) is 11.5. The van der Waals surface area contributed by atoms with Gasteiger partial charge in [-0.15, -0.1) is 0 Å². The second kappa shape index (κ2) is 8.47. The highest BCUT2D eigenvalue weighted by Gasteiger charge is 2.48. The molecular formula is C14H27NO8Si. The van der Waals surface area contributed by atoms with Crippen molar-refractivity contribution in [3.63, 3.8) is 0 Å². The monoisotopic (exact) mass is 365 g/mol. The Bertz CT molecular complexity index is 455. The third kappa shape index (κ3) is 5.31. The normalized spacial score (nSPS) is 29.8. The molecule has 0 amide bonds. The molecular weight excluding hydrogens is 338 g/mol. The molecule has 0 heterocycles. The van der Waals surface area contributed by atoms with Crippen molar-refractivity contribution in [2.24, 2.45) is 5.92 Å². The van der Waals surface area contributed by atoms with E-state index in [9.17, 15) is 30.5 Å². The third-order valence-electron chi connectivity index (χ3n) is 3.96. The number of aliphatic hydroxyl groups excluding tert-OH is 5. The molecule has 1 aliphatic rings. The minimum Gasteiger partial charge on any atom is -0.405 e. The summed E-state index contributed by atoms with van der Waals surface area (Å²) in [7, 11) is -2.09. The van der Waals surface area contributed by atoms with E-state index in [2.05, 4.69) is 0 Å². The Hall–Kier alpha value is -0.883. The first kappa shape index (κ1) is 21.2. The van der Waals surface area contributed by atoms with Gasteiger partial charge >= 0.3 is 0 Å². The number of nitro groups is 1. The molecule has 0 aliphatic heterocycles. The zero-order valence-electron chi connectivity index (χ0n) is 14.0. The number of rotatable bonds is 8. The highest BCUT2D eigenvalue weighted by atomic mass is 28.4. The van der Waals surface area contributed by atoms with Gasteiger partial charge < -0.3 is 30.0 Å². The van der Waals surface area contributed by atoms with Gasteiger partial charge in [0.15, 0.2) is 8.32 Å². The van der Waals surface area contributed by atoms with E-state index in [4.69, 9.17) is 9.53 Å². The molecule has 0 saturated heterocycles. The summed E-state index contributed by atoms with van der Waals surface area (Å²) in [5.74, 6) is -0.998. The topological polar surface area (TPSA) is 154 Å². The fourth-order valence-corrected chi connectivity index (χ4v) is 3.83. The van der Waals surface area contributed by atoms with Crippen molar-refractivity contribution in [2.75, 3.05) is 6.61 Å². The molecule has 0 aromatic heterocycles. The van der Waals surface area contributed by atoms with E-state index >= 15 is 0 Å². The molecule has 1 rings (SSSR count). The molecule has 0 bridgehead atoms. The number of allylic oxidation sites excluding steroid dienone is 1. The molecule has 1 aliphatic carbocycles. The van der Waals surface area contributed by atoms with Crippen LogP contribution in [0.5, 0.6) is 0 Å². The van der Waals surface area contributed by atoms with E-state index in [1.165, 1.54) is 0 Å². The van der Waals surface area contributed by atoms with E-state index in [1.807, 2.05) is 19.6 Å². The molecule has 0 saturated carbocycles. The van der Waals surface area contributed by atoms with Crippen LogP contribution in [0, 0.1) is 16.0 Å². The summed E-state index contributed by atoms with van der Waals surface area (Å²) in [5.41, 5.74) is 0. The Morgan fingerprint density at radius 3 is 2.29 bits per heavy atom. The molecule has 140 valence electrons. The summed E-state index contributed by atoms with van der Waals surface area (Å²) in [6, 6.07) is -1.29. The SMILES string of the molecule is C[Si](C)(C)O[C@H]1C=CC[C@H](C(O)[C@@H](O)[C@H](O)[C@H](O)CO)[C@H]1[N+](=O)[O-]. The highest BCUT2D eigenvalue weighted by Crippen LogP contribution is 2.30. The number of hydrogen-bond donors (Lipinski definition) is 5. The van der Waals surface area contributed by atoms with Crippen LogP contribution in [0.3, 0.4) is 0 Å². The standard InChI is InChI=1S/C14H27NO8Si/c1-24(2,3)23-10-6-4-5-8(11(10)15(21)22)12(18)14(20)13(19)9(17)7-16/h4,6,8-14,16-20H,5,7H2,1-3H3/t8-,9+,10-,11+,12?,13+,14+/m0/s1. The highest BCUT2D eigenvalue weighted by molar-refractivity contribution is 6.69. The minimum absolute atomic E-state index is 0.122. The third-order valence-corrected chi connectivity index (χ3v) is 4.94. The van der Waals surface area contributed by atoms with Crippen LogP contribution in [0.15, 0.2) is 12.2 Å². The van der Waals surface area contributed by atoms with Gasteiger partial charge in [-0.05, 0) is 26.1 Å². The van der Waals surface area contributed by atoms with Crippen molar-refractivity contribution in [2.45, 2.75) is 62.6 Å². The zero-order valence-corrected chi connectivity index (χ0v) is 15.0. The molecule has 9 nitrogen and oxygen atoms in total. The van der Waals surface area contributed by atoms with Gasteiger partial charge in [0.05, 0.1) is 18.6 Å². The van der Waals surface area contributed by atoms with Gasteiger partial charge in [-0.25, -0.2) is 0 Å². The summed E-state index contributed by atoms with van der Waals surface area (Å²) >= 11 is 0. The molecule has 0 aromatic rings. The molecule has 0 fully saturated rings. The van der Waals surface area contributed by atoms with Crippen LogP contribution in [-0.4, -0.2) is 81.9 Å². The van der Waals surface area contributed by atoms with Crippen LogP contribution in [-0.2, 0) is 4.43 Å². The maximum absolute atomic E-state index is 11.5. The van der Waals surface area contributed by atoms with Crippen molar-refractivity contribution >= 4 is 8.32 Å². The van der Waals surface area contributed by atoms with Gasteiger partial charge in [0.2, 0.25) is 6.04 Å². The maximum atomic E-state index is 11.5. The molecule has 24 heavy (non-hydrogen) atoms. The summed E-state index contributed by atoms with van der Waals surface area (Å²) in [5, 5.41) is 59.8. The van der Waals surface area contributed by atoms with Crippen LogP contribution >= 0.6 is 0 Å². The lowest BCUT2D eigenvalue weighted by Crippen LogP contribution is -2.55. The summed E-state index contributed by atoms with van der Waals surface area (Å²) < 4.78 is 5.81. The molecule has 5 N–H and O–H groups in total. The lowest BCUT2D eigenvalue weighted by Gasteiger charge is -2.37. The fraction of sp³-hybridized carbons (Fsp3) is 0.857. The Morgan fingerprint density at radius 1 is 1.25 bits per heavy atom. The van der Waals surface area contributed by atoms with Crippen LogP contribution in [0.4, 0.5) is 0 Å². The average molecular weight is 365 g/mol. The Balaban J connectivity index is 2.99. The Labute approximate surface area is 141 Å². The van der Waals surface area contributed by atoms with Gasteiger partial charge in [0.1, 0.15) is 24.4 Å². The lowest BCUT2D eigenvalue weighted by molar-refractivity contribution is -0.544. The first-order valence-electron chi connectivity index (χ1n) is 7.80. The van der Waals surface area contributed by atoms with Gasteiger partial charge in [-0.1, -0.05) is 12.2 Å². The van der Waals surface area contributed by atoms with Crippen LogP contribution in [0.1, 0.15) is 6.42 Å². The van der Waals surface area contributed by atoms with Crippen LogP contribution in [0.25, 0.3) is 0 Å². The Morgan fingerprint density at radius 2 is 1.83 bits per heavy atom. The molecule has 0 spiro atoms. The minimum atomic E-state index is -2.09. The number of hydrogen-bond acceptors (Lipinski definition) is 8. The van der Waals surface area contributed by atoms with Crippen molar-refractivity contribution in [1.29, 1.82) is 0 Å². The van der Waals surface area contributed by atoms with Crippen molar-refractivity contribution in [3.8, 4) is 0 Å². The van der Waals surface area contributed by atoms with E-state index in [1.54, 1.807) is 12.2 Å².